The molecule has 4 heteroatoms. The molecule has 0 amide bonds. The van der Waals surface area contributed by atoms with Gasteiger partial charge in [0.2, 0.25) is 0 Å². The highest BCUT2D eigenvalue weighted by Crippen LogP contribution is 2.39. The fourth-order valence-corrected chi connectivity index (χ4v) is 2.46. The van der Waals surface area contributed by atoms with Gasteiger partial charge in [0.25, 0.3) is 0 Å². The molecule has 0 spiro atoms. The highest BCUT2D eigenvalue weighted by Gasteiger charge is 2.31. The lowest BCUT2D eigenvalue weighted by Crippen LogP contribution is -2.13. The lowest BCUT2D eigenvalue weighted by molar-refractivity contribution is 0.350. The molecule has 0 saturated heterocycles. The van der Waals surface area contributed by atoms with E-state index in [2.05, 4.69) is 28.6 Å². The third-order valence-electron chi connectivity index (χ3n) is 3.36. The molecule has 0 bridgehead atoms. The normalized spacial score (nSPS) is 33.8. The highest BCUT2D eigenvalue weighted by molar-refractivity contribution is 7.71. The van der Waals surface area contributed by atoms with Crippen molar-refractivity contribution in [3.63, 3.8) is 0 Å². The molecule has 1 saturated carbocycles. The van der Waals surface area contributed by atoms with E-state index in [1.807, 2.05) is 6.33 Å². The van der Waals surface area contributed by atoms with Gasteiger partial charge in [0, 0.05) is 6.04 Å². The number of aromatic nitrogens is 3. The highest BCUT2D eigenvalue weighted by atomic mass is 32.1. The van der Waals surface area contributed by atoms with Gasteiger partial charge in [-0.2, -0.15) is 5.10 Å². The van der Waals surface area contributed by atoms with Gasteiger partial charge in [0.15, 0.2) is 4.77 Å². The predicted molar refractivity (Wildman–Crippen MR) is 54.0 cm³/mol. The topological polar surface area (TPSA) is 33.6 Å². The summed E-state index contributed by atoms with van der Waals surface area (Å²) in [6, 6.07) is 0.557. The molecule has 1 heterocycles. The van der Waals surface area contributed by atoms with Crippen LogP contribution in [-0.2, 0) is 0 Å². The summed E-state index contributed by atoms with van der Waals surface area (Å²) in [5.74, 6) is 1.52. The van der Waals surface area contributed by atoms with Gasteiger partial charge in [-0.1, -0.05) is 13.8 Å². The zero-order valence-electron chi connectivity index (χ0n) is 8.03. The van der Waals surface area contributed by atoms with Crippen molar-refractivity contribution in [1.29, 1.82) is 0 Å². The Morgan fingerprint density at radius 1 is 1.54 bits per heavy atom. The minimum absolute atomic E-state index is 0.557. The summed E-state index contributed by atoms with van der Waals surface area (Å²) in [7, 11) is 0. The molecule has 1 aromatic rings. The third kappa shape index (κ3) is 1.43. The molecular formula is C9H15N3S. The van der Waals surface area contributed by atoms with Crippen LogP contribution in [0.3, 0.4) is 0 Å². The van der Waals surface area contributed by atoms with Crippen molar-refractivity contribution in [2.45, 2.75) is 32.7 Å². The van der Waals surface area contributed by atoms with Gasteiger partial charge in [-0.25, -0.2) is 0 Å². The first-order valence-electron chi connectivity index (χ1n) is 4.81. The van der Waals surface area contributed by atoms with Crippen LogP contribution in [0, 0.1) is 16.6 Å². The number of aromatic amines is 1. The molecule has 13 heavy (non-hydrogen) atoms. The zero-order chi connectivity index (χ0) is 9.42. The number of nitrogens with zero attached hydrogens (tertiary/aromatic N) is 2. The Labute approximate surface area is 83.2 Å². The summed E-state index contributed by atoms with van der Waals surface area (Å²) in [6.07, 6.45) is 4.36. The third-order valence-corrected chi connectivity index (χ3v) is 3.66. The molecule has 2 rings (SSSR count). The molecule has 1 fully saturated rings. The number of hydrogen-bond donors (Lipinski definition) is 1. The molecular weight excluding hydrogens is 182 g/mol. The molecule has 72 valence electrons. The van der Waals surface area contributed by atoms with Crippen LogP contribution in [0.15, 0.2) is 6.33 Å². The SMILES string of the molecule is CC1CCC(n2cn[nH]c2=S)C1C. The molecule has 1 aromatic heterocycles. The summed E-state index contributed by atoms with van der Waals surface area (Å²) < 4.78 is 2.86. The minimum Gasteiger partial charge on any atom is -0.303 e. The summed E-state index contributed by atoms with van der Waals surface area (Å²) in [5, 5.41) is 6.77. The van der Waals surface area contributed by atoms with Crippen LogP contribution in [0.25, 0.3) is 0 Å². The largest absolute Gasteiger partial charge is 0.303 e. The van der Waals surface area contributed by atoms with Crippen LogP contribution < -0.4 is 0 Å². The minimum atomic E-state index is 0.557. The van der Waals surface area contributed by atoms with Gasteiger partial charge < -0.3 is 4.57 Å². The van der Waals surface area contributed by atoms with Gasteiger partial charge in [0.1, 0.15) is 6.33 Å². The van der Waals surface area contributed by atoms with Gasteiger partial charge >= 0.3 is 0 Å². The van der Waals surface area contributed by atoms with E-state index in [1.54, 1.807) is 0 Å². The van der Waals surface area contributed by atoms with Crippen molar-refractivity contribution in [2.24, 2.45) is 11.8 Å². The van der Waals surface area contributed by atoms with Crippen molar-refractivity contribution >= 4 is 12.2 Å². The Hall–Kier alpha value is -0.640. The average molecular weight is 197 g/mol. The molecule has 3 unspecified atom stereocenters. The van der Waals surface area contributed by atoms with E-state index < -0.39 is 0 Å². The maximum absolute atomic E-state index is 5.16. The quantitative estimate of drug-likeness (QED) is 0.702. The van der Waals surface area contributed by atoms with Crippen LogP contribution in [0.2, 0.25) is 0 Å². The second-order valence-electron chi connectivity index (χ2n) is 4.05. The Bertz CT molecular complexity index is 341. The lowest BCUT2D eigenvalue weighted by atomic mass is 9.98. The summed E-state index contributed by atoms with van der Waals surface area (Å²) >= 11 is 5.16. The molecule has 0 aromatic carbocycles. The molecule has 0 radical (unpaired) electrons. The number of H-pyrrole nitrogens is 1. The second-order valence-corrected chi connectivity index (χ2v) is 4.44. The maximum Gasteiger partial charge on any atom is 0.195 e. The Balaban J connectivity index is 2.28. The van der Waals surface area contributed by atoms with Crippen molar-refractivity contribution in [3.05, 3.63) is 11.1 Å². The monoisotopic (exact) mass is 197 g/mol. The van der Waals surface area contributed by atoms with Crippen LogP contribution in [0.5, 0.6) is 0 Å². The molecule has 3 nitrogen and oxygen atoms in total. The second kappa shape index (κ2) is 3.25. The first-order chi connectivity index (χ1) is 6.20. The van der Waals surface area contributed by atoms with Crippen molar-refractivity contribution in [1.82, 2.24) is 14.8 Å². The van der Waals surface area contributed by atoms with E-state index in [4.69, 9.17) is 12.2 Å². The molecule has 1 aliphatic carbocycles. The fraction of sp³-hybridized carbons (Fsp3) is 0.778. The van der Waals surface area contributed by atoms with E-state index in [0.29, 0.717) is 12.0 Å². The van der Waals surface area contributed by atoms with Crippen LogP contribution in [0.1, 0.15) is 32.7 Å². The summed E-state index contributed by atoms with van der Waals surface area (Å²) in [4.78, 5) is 0. The lowest BCUT2D eigenvalue weighted by Gasteiger charge is -2.18. The van der Waals surface area contributed by atoms with E-state index in [9.17, 15) is 0 Å². The van der Waals surface area contributed by atoms with Crippen molar-refractivity contribution in [2.75, 3.05) is 0 Å². The molecule has 1 N–H and O–H groups in total. The Morgan fingerprint density at radius 3 is 2.77 bits per heavy atom. The van der Waals surface area contributed by atoms with E-state index in [1.165, 1.54) is 12.8 Å². The number of nitrogens with one attached hydrogen (secondary N) is 1. The van der Waals surface area contributed by atoms with Gasteiger partial charge in [-0.15, -0.1) is 0 Å². The van der Waals surface area contributed by atoms with Gasteiger partial charge in [-0.3, -0.25) is 5.10 Å². The standard InChI is InChI=1S/C9H15N3S/c1-6-3-4-8(7(6)2)12-5-10-11-9(12)13/h5-8H,3-4H2,1-2H3,(H,11,13). The van der Waals surface area contributed by atoms with E-state index in [-0.39, 0.29) is 0 Å². The molecule has 0 aliphatic heterocycles. The predicted octanol–water partition coefficient (Wildman–Crippen LogP) is 2.55. The average Bonchev–Trinajstić information content (AvgIpc) is 2.62. The fourth-order valence-electron chi connectivity index (χ4n) is 2.22. The first-order valence-corrected chi connectivity index (χ1v) is 5.22. The van der Waals surface area contributed by atoms with E-state index >= 15 is 0 Å². The number of rotatable bonds is 1. The molecule has 1 aliphatic rings. The summed E-state index contributed by atoms with van der Waals surface area (Å²) in [6.45, 7) is 4.62. The van der Waals surface area contributed by atoms with Crippen LogP contribution in [-0.4, -0.2) is 14.8 Å². The molecule has 3 atom stereocenters. The van der Waals surface area contributed by atoms with Gasteiger partial charge in [0.05, 0.1) is 0 Å². The first kappa shape index (κ1) is 8.94. The van der Waals surface area contributed by atoms with Crippen molar-refractivity contribution in [3.8, 4) is 0 Å². The zero-order valence-corrected chi connectivity index (χ0v) is 8.84. The van der Waals surface area contributed by atoms with Gasteiger partial charge in [-0.05, 0) is 36.9 Å². The van der Waals surface area contributed by atoms with Crippen molar-refractivity contribution < 1.29 is 0 Å². The Kier molecular flexibility index (Phi) is 2.24. The van der Waals surface area contributed by atoms with Crippen LogP contribution >= 0.6 is 12.2 Å². The smallest absolute Gasteiger partial charge is 0.195 e. The van der Waals surface area contributed by atoms with Crippen LogP contribution in [0.4, 0.5) is 0 Å². The van der Waals surface area contributed by atoms with E-state index in [0.717, 1.165) is 10.7 Å². The Morgan fingerprint density at radius 2 is 2.31 bits per heavy atom. The number of hydrogen-bond acceptors (Lipinski definition) is 2. The summed E-state index contributed by atoms with van der Waals surface area (Å²) in [5.41, 5.74) is 0. The maximum atomic E-state index is 5.16.